The molecule has 0 aliphatic carbocycles. The Kier molecular flexibility index (Phi) is 9.52. The molecule has 0 aromatic heterocycles. The molecule has 4 aromatic rings. The summed E-state index contributed by atoms with van der Waals surface area (Å²) in [5, 5.41) is 2.70. The molecule has 0 fully saturated rings. The van der Waals surface area contributed by atoms with E-state index in [0.29, 0.717) is 17.8 Å². The minimum atomic E-state index is -0.826. The summed E-state index contributed by atoms with van der Waals surface area (Å²) in [5.74, 6) is 1.51. The number of rotatable bonds is 5. The predicted molar refractivity (Wildman–Crippen MR) is 144 cm³/mol. The van der Waals surface area contributed by atoms with Crippen molar-refractivity contribution >= 4 is 27.8 Å². The third-order valence-corrected chi connectivity index (χ3v) is 6.25. The zero-order chi connectivity index (χ0) is 24.1. The average molecular weight is 556 g/mol. The van der Waals surface area contributed by atoms with Gasteiger partial charge in [0.2, 0.25) is 0 Å². The first-order valence-electron chi connectivity index (χ1n) is 11.7. The van der Waals surface area contributed by atoms with Gasteiger partial charge in [0.1, 0.15) is 0 Å². The van der Waals surface area contributed by atoms with Crippen LogP contribution in [0.25, 0.3) is 33.0 Å². The van der Waals surface area contributed by atoms with Crippen LogP contribution in [0.1, 0.15) is 76.0 Å². The van der Waals surface area contributed by atoms with Crippen LogP contribution in [0.4, 0.5) is 0 Å². The molecular weight excluding hydrogens is 522 g/mol. The van der Waals surface area contributed by atoms with E-state index in [1.54, 1.807) is 0 Å². The summed E-state index contributed by atoms with van der Waals surface area (Å²) < 4.78 is 0. The summed E-state index contributed by atoms with van der Waals surface area (Å²) in [6.45, 7) is 13.8. The van der Waals surface area contributed by atoms with E-state index in [-0.39, 0.29) is 0 Å². The molecule has 0 saturated carbocycles. The van der Waals surface area contributed by atoms with Gasteiger partial charge in [-0.25, -0.2) is 0 Å². The molecule has 4 rings (SSSR count). The van der Waals surface area contributed by atoms with E-state index in [1.807, 2.05) is 0 Å². The van der Waals surface area contributed by atoms with E-state index in [2.05, 4.69) is 114 Å². The first-order valence-corrected chi connectivity index (χ1v) is 18.0. The van der Waals surface area contributed by atoms with Gasteiger partial charge in [-0.05, 0) is 40.0 Å². The van der Waals surface area contributed by atoms with Gasteiger partial charge in [-0.3, -0.25) is 0 Å². The second-order valence-electron chi connectivity index (χ2n) is 9.57. The fourth-order valence-electron chi connectivity index (χ4n) is 4.39. The number of halogens is 2. The molecule has 0 bridgehead atoms. The molecule has 0 saturated heterocycles. The Balaban J connectivity index is 0.000000968. The van der Waals surface area contributed by atoms with Crippen LogP contribution in [0.15, 0.2) is 72.8 Å². The van der Waals surface area contributed by atoms with Crippen LogP contribution < -0.4 is 0 Å². The number of hydrogen-bond acceptors (Lipinski definition) is 0. The molecule has 0 radical (unpaired) electrons. The molecule has 172 valence electrons. The molecule has 0 N–H and O–H groups in total. The van der Waals surface area contributed by atoms with Gasteiger partial charge < -0.3 is 0 Å². The molecule has 0 spiro atoms. The normalized spacial score (nSPS) is 11.2. The zero-order valence-electron chi connectivity index (χ0n) is 20.4. The molecule has 0 nitrogen and oxygen atoms in total. The van der Waals surface area contributed by atoms with E-state index in [0.717, 1.165) is 0 Å². The first-order chi connectivity index (χ1) is 15.8. The number of fused-ring (bicyclic) bond motifs is 1. The summed E-state index contributed by atoms with van der Waals surface area (Å²) in [4.78, 5) is 0. The Morgan fingerprint density at radius 2 is 1.24 bits per heavy atom. The van der Waals surface area contributed by atoms with Crippen molar-refractivity contribution in [3.63, 3.8) is 0 Å². The summed E-state index contributed by atoms with van der Waals surface area (Å²) in [6, 6.07) is 27.3. The van der Waals surface area contributed by atoms with Gasteiger partial charge in [-0.1, -0.05) is 107 Å². The summed E-state index contributed by atoms with van der Waals surface area (Å²) in [6.07, 6.45) is 0. The first kappa shape index (κ1) is 26.3. The van der Waals surface area contributed by atoms with Crippen molar-refractivity contribution in [3.05, 3.63) is 89.5 Å². The van der Waals surface area contributed by atoms with Crippen LogP contribution in [0.2, 0.25) is 0 Å². The third kappa shape index (κ3) is 6.25. The van der Waals surface area contributed by atoms with Gasteiger partial charge in [0.05, 0.1) is 0 Å². The van der Waals surface area contributed by atoms with Crippen molar-refractivity contribution in [2.45, 2.75) is 59.3 Å². The quantitative estimate of drug-likeness (QED) is 0.215. The third-order valence-electron chi connectivity index (χ3n) is 6.25. The second-order valence-corrected chi connectivity index (χ2v) is 13.3. The Labute approximate surface area is 218 Å². The van der Waals surface area contributed by atoms with Gasteiger partial charge in [-0.15, -0.1) is 34.5 Å². The predicted octanol–water partition coefficient (Wildman–Crippen LogP) is 10.6. The van der Waals surface area contributed by atoms with Crippen molar-refractivity contribution in [2.24, 2.45) is 0 Å². The fraction of sp³-hybridized carbons (Fsp3) is 0.300. The van der Waals surface area contributed by atoms with Gasteiger partial charge in [-0.2, -0.15) is 0 Å². The molecule has 0 unspecified atom stereocenters. The molecule has 4 aromatic carbocycles. The molecule has 0 atom stereocenters. The van der Waals surface area contributed by atoms with Crippen molar-refractivity contribution < 1.29 is 20.8 Å². The van der Waals surface area contributed by atoms with E-state index in [1.165, 1.54) is 49.7 Å². The van der Waals surface area contributed by atoms with E-state index >= 15 is 0 Å². The average Bonchev–Trinajstić information content (AvgIpc) is 3.23. The van der Waals surface area contributed by atoms with Gasteiger partial charge >= 0.3 is 37.9 Å². The van der Waals surface area contributed by atoms with Crippen LogP contribution >= 0.6 is 17.0 Å². The summed E-state index contributed by atoms with van der Waals surface area (Å²) in [7, 11) is 9.87. The van der Waals surface area contributed by atoms with E-state index in [9.17, 15) is 0 Å². The minimum absolute atomic E-state index is 0.477. The molecule has 33 heavy (non-hydrogen) atoms. The molecular formula is C30H33Cl2Zr-. The Bertz CT molecular complexity index is 1160. The number of benzene rings is 3. The Hall–Kier alpha value is -1.27. The standard InChI is InChI=1S/C30H33.2ClH.Zr/c1-19(2)24-15-25(20(3)4)17-27(16-24)30-28(21(5)6)13-12-23-14-26(18-29(23)30)22-10-8-7-9-11-22;;;/h7-21H,1-6H3;2*1H;/q-1;;;+2/p-2. The van der Waals surface area contributed by atoms with Crippen LogP contribution in [0.5, 0.6) is 0 Å². The monoisotopic (exact) mass is 553 g/mol. The molecule has 0 amide bonds. The molecule has 0 aliphatic heterocycles. The van der Waals surface area contributed by atoms with Crippen molar-refractivity contribution in [1.29, 1.82) is 0 Å². The summed E-state index contributed by atoms with van der Waals surface area (Å²) in [5.41, 5.74) is 9.65. The summed E-state index contributed by atoms with van der Waals surface area (Å²) >= 11 is -0.826. The fourth-order valence-corrected chi connectivity index (χ4v) is 4.39. The molecule has 0 heterocycles. The van der Waals surface area contributed by atoms with Gasteiger partial charge in [0, 0.05) is 0 Å². The van der Waals surface area contributed by atoms with Gasteiger partial charge in [0.15, 0.2) is 0 Å². The van der Waals surface area contributed by atoms with Gasteiger partial charge in [0.25, 0.3) is 0 Å². The Morgan fingerprint density at radius 1 is 0.667 bits per heavy atom. The topological polar surface area (TPSA) is 0 Å². The second kappa shape index (κ2) is 11.9. The van der Waals surface area contributed by atoms with Crippen LogP contribution in [0.3, 0.4) is 0 Å². The van der Waals surface area contributed by atoms with Crippen molar-refractivity contribution in [1.82, 2.24) is 0 Å². The van der Waals surface area contributed by atoms with Crippen LogP contribution in [0, 0.1) is 0 Å². The maximum atomic E-state index is 4.93. The van der Waals surface area contributed by atoms with E-state index < -0.39 is 20.8 Å². The molecule has 3 heteroatoms. The zero-order valence-corrected chi connectivity index (χ0v) is 24.4. The number of hydrogen-bond donors (Lipinski definition) is 0. The van der Waals surface area contributed by atoms with Crippen molar-refractivity contribution in [2.75, 3.05) is 0 Å². The molecule has 0 aliphatic rings. The van der Waals surface area contributed by atoms with Crippen LogP contribution in [-0.4, -0.2) is 0 Å². The Morgan fingerprint density at radius 3 is 1.76 bits per heavy atom. The van der Waals surface area contributed by atoms with E-state index in [4.69, 9.17) is 17.0 Å². The SMILES string of the molecule is CC(C)c1cc(-c2c(C(C)C)ccc3[cH-]c(-c4ccccc4)cc23)cc(C(C)C)c1.[Cl][Zr][Cl]. The maximum absolute atomic E-state index is 4.93. The van der Waals surface area contributed by atoms with Crippen LogP contribution in [-0.2, 0) is 20.8 Å². The van der Waals surface area contributed by atoms with Crippen molar-refractivity contribution in [3.8, 4) is 22.3 Å².